The Labute approximate surface area is 113 Å². The fourth-order valence-corrected chi connectivity index (χ4v) is 3.30. The summed E-state index contributed by atoms with van der Waals surface area (Å²) in [5.41, 5.74) is 2.00. The Hall–Kier alpha value is -1.000. The van der Waals surface area contributed by atoms with Crippen LogP contribution >= 0.6 is 11.8 Å². The number of para-hydroxylation sites is 1. The maximum atomic E-state index is 11.8. The zero-order chi connectivity index (χ0) is 12.8. The molecule has 1 saturated heterocycles. The van der Waals surface area contributed by atoms with Crippen molar-refractivity contribution in [3.8, 4) is 0 Å². The second kappa shape index (κ2) is 6.81. The molecule has 2 N–H and O–H groups in total. The third-order valence-corrected chi connectivity index (χ3v) is 4.50. The molecule has 1 aliphatic rings. The molecule has 98 valence electrons. The number of hydrogen-bond acceptors (Lipinski definition) is 3. The maximum absolute atomic E-state index is 11.8. The number of carbonyl (C=O) groups excluding carboxylic acids is 1. The molecule has 1 unspecified atom stereocenters. The first-order valence-corrected chi connectivity index (χ1v) is 7.48. The molecule has 1 heterocycles. The minimum absolute atomic E-state index is 0.0345. The predicted octanol–water partition coefficient (Wildman–Crippen LogP) is 2.42. The fraction of sp³-hybridized carbons (Fsp3) is 0.500. The highest BCUT2D eigenvalue weighted by molar-refractivity contribution is 8.00. The molecule has 1 fully saturated rings. The standard InChI is InChI=1S/C14H20N2OS/c1-11-5-2-3-7-13(11)16-14(17)10-15-9-12-6-4-8-18-12/h2-3,5,7,12,15H,4,6,8-10H2,1H3,(H,16,17). The number of carbonyl (C=O) groups is 1. The van der Waals surface area contributed by atoms with E-state index >= 15 is 0 Å². The van der Waals surface area contributed by atoms with Crippen LogP contribution in [0.25, 0.3) is 0 Å². The van der Waals surface area contributed by atoms with Gasteiger partial charge in [0, 0.05) is 17.5 Å². The zero-order valence-electron chi connectivity index (χ0n) is 10.7. The van der Waals surface area contributed by atoms with Crippen LogP contribution in [0.4, 0.5) is 5.69 Å². The minimum Gasteiger partial charge on any atom is -0.325 e. The van der Waals surface area contributed by atoms with Gasteiger partial charge in [0.1, 0.15) is 0 Å². The molecule has 0 aromatic heterocycles. The molecule has 0 radical (unpaired) electrons. The van der Waals surface area contributed by atoms with Gasteiger partial charge in [0.25, 0.3) is 0 Å². The second-order valence-corrected chi connectivity index (χ2v) is 6.04. The van der Waals surface area contributed by atoms with Crippen LogP contribution in [0.3, 0.4) is 0 Å². The van der Waals surface area contributed by atoms with E-state index < -0.39 is 0 Å². The third kappa shape index (κ3) is 4.03. The normalized spacial score (nSPS) is 18.8. The van der Waals surface area contributed by atoms with E-state index in [-0.39, 0.29) is 5.91 Å². The quantitative estimate of drug-likeness (QED) is 0.858. The van der Waals surface area contributed by atoms with Crippen LogP contribution in [0.15, 0.2) is 24.3 Å². The number of amides is 1. The van der Waals surface area contributed by atoms with Crippen LogP contribution in [-0.2, 0) is 4.79 Å². The van der Waals surface area contributed by atoms with Gasteiger partial charge in [0.15, 0.2) is 0 Å². The summed E-state index contributed by atoms with van der Waals surface area (Å²) in [6.45, 7) is 3.33. The summed E-state index contributed by atoms with van der Waals surface area (Å²) in [7, 11) is 0. The van der Waals surface area contributed by atoms with E-state index in [1.807, 2.05) is 43.0 Å². The van der Waals surface area contributed by atoms with Crippen LogP contribution in [0.1, 0.15) is 18.4 Å². The molecule has 1 aromatic rings. The third-order valence-electron chi connectivity index (χ3n) is 3.10. The monoisotopic (exact) mass is 264 g/mol. The average Bonchev–Trinajstić information content (AvgIpc) is 2.85. The predicted molar refractivity (Wildman–Crippen MR) is 78.2 cm³/mol. The van der Waals surface area contributed by atoms with Crippen LogP contribution < -0.4 is 10.6 Å². The largest absolute Gasteiger partial charge is 0.325 e. The lowest BCUT2D eigenvalue weighted by Gasteiger charge is -2.11. The highest BCUT2D eigenvalue weighted by Gasteiger charge is 2.15. The van der Waals surface area contributed by atoms with Crippen LogP contribution in [0, 0.1) is 6.92 Å². The van der Waals surface area contributed by atoms with Gasteiger partial charge < -0.3 is 10.6 Å². The molecule has 1 amide bonds. The van der Waals surface area contributed by atoms with Crippen molar-refractivity contribution in [1.29, 1.82) is 0 Å². The van der Waals surface area contributed by atoms with Gasteiger partial charge in [-0.2, -0.15) is 11.8 Å². The first kappa shape index (κ1) is 13.4. The van der Waals surface area contributed by atoms with Gasteiger partial charge in [-0.25, -0.2) is 0 Å². The van der Waals surface area contributed by atoms with E-state index in [0.29, 0.717) is 11.8 Å². The Morgan fingerprint density at radius 3 is 3.00 bits per heavy atom. The first-order valence-electron chi connectivity index (χ1n) is 6.43. The van der Waals surface area contributed by atoms with Crippen molar-refractivity contribution in [2.24, 2.45) is 0 Å². The molecule has 0 bridgehead atoms. The molecule has 1 aliphatic heterocycles. The van der Waals surface area contributed by atoms with E-state index in [4.69, 9.17) is 0 Å². The fourth-order valence-electron chi connectivity index (χ4n) is 2.06. The van der Waals surface area contributed by atoms with Gasteiger partial charge in [0.05, 0.1) is 6.54 Å². The minimum atomic E-state index is 0.0345. The van der Waals surface area contributed by atoms with Crippen molar-refractivity contribution >= 4 is 23.4 Å². The summed E-state index contributed by atoms with van der Waals surface area (Å²) in [6.07, 6.45) is 2.59. The van der Waals surface area contributed by atoms with Crippen LogP contribution in [0.2, 0.25) is 0 Å². The topological polar surface area (TPSA) is 41.1 Å². The summed E-state index contributed by atoms with van der Waals surface area (Å²) in [6, 6.07) is 7.84. The maximum Gasteiger partial charge on any atom is 0.238 e. The highest BCUT2D eigenvalue weighted by Crippen LogP contribution is 2.25. The number of nitrogens with one attached hydrogen (secondary N) is 2. The van der Waals surface area contributed by atoms with Gasteiger partial charge in [-0.15, -0.1) is 0 Å². The number of hydrogen-bond donors (Lipinski definition) is 2. The van der Waals surface area contributed by atoms with Gasteiger partial charge in [-0.1, -0.05) is 18.2 Å². The number of rotatable bonds is 5. The molecule has 18 heavy (non-hydrogen) atoms. The van der Waals surface area contributed by atoms with Gasteiger partial charge >= 0.3 is 0 Å². The Balaban J connectivity index is 1.70. The molecule has 0 spiro atoms. The average molecular weight is 264 g/mol. The van der Waals surface area contributed by atoms with Gasteiger partial charge in [-0.3, -0.25) is 4.79 Å². The lowest BCUT2D eigenvalue weighted by molar-refractivity contribution is -0.115. The van der Waals surface area contributed by atoms with Crippen LogP contribution in [0.5, 0.6) is 0 Å². The summed E-state index contributed by atoms with van der Waals surface area (Å²) >= 11 is 2.01. The van der Waals surface area contributed by atoms with E-state index in [0.717, 1.165) is 17.8 Å². The molecule has 2 rings (SSSR count). The molecule has 1 aromatic carbocycles. The Morgan fingerprint density at radius 2 is 2.28 bits per heavy atom. The van der Waals surface area contributed by atoms with Crippen molar-refractivity contribution in [1.82, 2.24) is 5.32 Å². The van der Waals surface area contributed by atoms with Gasteiger partial charge in [0.2, 0.25) is 5.91 Å². The molecular formula is C14H20N2OS. The Morgan fingerprint density at radius 1 is 1.44 bits per heavy atom. The summed E-state index contributed by atoms with van der Waals surface area (Å²) in [5.74, 6) is 1.30. The van der Waals surface area contributed by atoms with Crippen molar-refractivity contribution in [2.75, 3.05) is 24.2 Å². The highest BCUT2D eigenvalue weighted by atomic mass is 32.2. The lowest BCUT2D eigenvalue weighted by Crippen LogP contribution is -2.32. The molecule has 4 heteroatoms. The van der Waals surface area contributed by atoms with Crippen LogP contribution in [-0.4, -0.2) is 30.0 Å². The Bertz CT molecular complexity index is 403. The number of anilines is 1. The SMILES string of the molecule is Cc1ccccc1NC(=O)CNCC1CCCS1. The Kier molecular flexibility index (Phi) is 5.08. The van der Waals surface area contributed by atoms with E-state index in [9.17, 15) is 4.79 Å². The van der Waals surface area contributed by atoms with Crippen molar-refractivity contribution in [2.45, 2.75) is 25.0 Å². The zero-order valence-corrected chi connectivity index (χ0v) is 11.6. The molecule has 1 atom stereocenters. The first-order chi connectivity index (χ1) is 8.75. The van der Waals surface area contributed by atoms with E-state index in [2.05, 4.69) is 10.6 Å². The van der Waals surface area contributed by atoms with E-state index in [1.54, 1.807) is 0 Å². The number of aryl methyl sites for hydroxylation is 1. The summed E-state index contributed by atoms with van der Waals surface area (Å²) in [5, 5.41) is 6.85. The molecule has 3 nitrogen and oxygen atoms in total. The second-order valence-electron chi connectivity index (χ2n) is 4.63. The summed E-state index contributed by atoms with van der Waals surface area (Å²) < 4.78 is 0. The number of thioether (sulfide) groups is 1. The smallest absolute Gasteiger partial charge is 0.238 e. The molecule has 0 aliphatic carbocycles. The number of benzene rings is 1. The van der Waals surface area contributed by atoms with Crippen molar-refractivity contribution in [3.05, 3.63) is 29.8 Å². The molecule has 0 saturated carbocycles. The molecular weight excluding hydrogens is 244 g/mol. The van der Waals surface area contributed by atoms with Crippen molar-refractivity contribution < 1.29 is 4.79 Å². The van der Waals surface area contributed by atoms with E-state index in [1.165, 1.54) is 18.6 Å². The lowest BCUT2D eigenvalue weighted by atomic mass is 10.2. The van der Waals surface area contributed by atoms with Crippen molar-refractivity contribution in [3.63, 3.8) is 0 Å². The van der Waals surface area contributed by atoms with Gasteiger partial charge in [-0.05, 0) is 37.1 Å². The summed E-state index contributed by atoms with van der Waals surface area (Å²) in [4.78, 5) is 11.8.